The zero-order valence-electron chi connectivity index (χ0n) is 14.3. The number of aliphatic carboxylic acids is 1. The number of benzene rings is 1. The van der Waals surface area contributed by atoms with E-state index in [9.17, 15) is 9.59 Å². The summed E-state index contributed by atoms with van der Waals surface area (Å²) in [6.45, 7) is 5.71. The monoisotopic (exact) mass is 317 g/mol. The predicted octanol–water partition coefficient (Wildman–Crippen LogP) is 3.50. The van der Waals surface area contributed by atoms with E-state index in [1.54, 1.807) is 0 Å². The number of rotatable bonds is 6. The van der Waals surface area contributed by atoms with Crippen LogP contribution in [0.3, 0.4) is 0 Å². The lowest BCUT2D eigenvalue weighted by molar-refractivity contribution is -0.139. The number of carboxylic acid groups (broad SMARTS) is 1. The molecular weight excluding hydrogens is 290 g/mol. The summed E-state index contributed by atoms with van der Waals surface area (Å²) in [4.78, 5) is 23.6. The lowest BCUT2D eigenvalue weighted by Crippen LogP contribution is -2.51. The lowest BCUT2D eigenvalue weighted by atomic mass is 9.80. The van der Waals surface area contributed by atoms with E-state index in [1.165, 1.54) is 11.1 Å². The van der Waals surface area contributed by atoms with E-state index in [4.69, 9.17) is 5.11 Å². The highest BCUT2D eigenvalue weighted by atomic mass is 16.4. The van der Waals surface area contributed by atoms with E-state index in [0.717, 1.165) is 19.3 Å². The molecule has 0 heterocycles. The maximum absolute atomic E-state index is 12.5. The summed E-state index contributed by atoms with van der Waals surface area (Å²) in [6, 6.07) is 8.33. The summed E-state index contributed by atoms with van der Waals surface area (Å²) in [7, 11) is 0. The first kappa shape index (κ1) is 17.5. The summed E-state index contributed by atoms with van der Waals surface area (Å²) in [5, 5.41) is 12.1. The Kier molecular flexibility index (Phi) is 5.45. The Morgan fingerprint density at radius 1 is 1.35 bits per heavy atom. The first-order valence-corrected chi connectivity index (χ1v) is 8.42. The Balaban J connectivity index is 2.06. The van der Waals surface area contributed by atoms with E-state index in [0.29, 0.717) is 6.42 Å². The van der Waals surface area contributed by atoms with Gasteiger partial charge in [-0.15, -0.1) is 0 Å². The minimum absolute atomic E-state index is 0.0517. The van der Waals surface area contributed by atoms with Crippen LogP contribution < -0.4 is 5.32 Å². The molecule has 0 bridgehead atoms. The first-order chi connectivity index (χ1) is 10.8. The third-order valence-electron chi connectivity index (χ3n) is 5.14. The Morgan fingerprint density at radius 2 is 2.04 bits per heavy atom. The summed E-state index contributed by atoms with van der Waals surface area (Å²) in [6.07, 6.45) is 3.57. The molecule has 1 aliphatic rings. The van der Waals surface area contributed by atoms with Crippen molar-refractivity contribution in [2.24, 2.45) is 5.92 Å². The molecule has 2 atom stereocenters. The van der Waals surface area contributed by atoms with E-state index in [1.807, 2.05) is 32.9 Å². The summed E-state index contributed by atoms with van der Waals surface area (Å²) >= 11 is 0. The highest BCUT2D eigenvalue weighted by Gasteiger charge is 2.33. The van der Waals surface area contributed by atoms with Crippen molar-refractivity contribution in [2.75, 3.05) is 0 Å². The average molecular weight is 317 g/mol. The van der Waals surface area contributed by atoms with Crippen LogP contribution in [0, 0.1) is 5.92 Å². The van der Waals surface area contributed by atoms with Crippen LogP contribution in [0.15, 0.2) is 24.3 Å². The predicted molar refractivity (Wildman–Crippen MR) is 90.4 cm³/mol. The number of amides is 1. The Labute approximate surface area is 138 Å². The quantitative estimate of drug-likeness (QED) is 0.844. The van der Waals surface area contributed by atoms with E-state index in [-0.39, 0.29) is 24.2 Å². The minimum Gasteiger partial charge on any atom is -0.481 e. The molecule has 23 heavy (non-hydrogen) atoms. The second-order valence-corrected chi connectivity index (χ2v) is 7.18. The molecule has 4 nitrogen and oxygen atoms in total. The van der Waals surface area contributed by atoms with Crippen LogP contribution in [-0.2, 0) is 16.0 Å². The largest absolute Gasteiger partial charge is 0.481 e. The molecule has 2 N–H and O–H groups in total. The smallest absolute Gasteiger partial charge is 0.305 e. The Morgan fingerprint density at radius 3 is 2.70 bits per heavy atom. The fourth-order valence-electron chi connectivity index (χ4n) is 3.37. The Hall–Kier alpha value is -1.84. The van der Waals surface area contributed by atoms with Gasteiger partial charge in [0.05, 0.1) is 6.42 Å². The lowest BCUT2D eigenvalue weighted by Gasteiger charge is -2.34. The molecule has 4 heteroatoms. The second kappa shape index (κ2) is 7.16. The molecule has 0 saturated heterocycles. The van der Waals surface area contributed by atoms with Gasteiger partial charge in [-0.2, -0.15) is 0 Å². The summed E-state index contributed by atoms with van der Waals surface area (Å²) < 4.78 is 0. The van der Waals surface area contributed by atoms with Crippen LogP contribution in [0.4, 0.5) is 0 Å². The van der Waals surface area contributed by atoms with Crippen molar-refractivity contribution in [1.82, 2.24) is 5.32 Å². The maximum Gasteiger partial charge on any atom is 0.305 e. The number of carboxylic acids is 1. The van der Waals surface area contributed by atoms with Gasteiger partial charge in [-0.1, -0.05) is 38.1 Å². The number of nitrogens with one attached hydrogen (secondary N) is 1. The van der Waals surface area contributed by atoms with E-state index >= 15 is 0 Å². The van der Waals surface area contributed by atoms with Gasteiger partial charge in [-0.05, 0) is 49.1 Å². The molecule has 1 amide bonds. The van der Waals surface area contributed by atoms with Crippen LogP contribution in [0.2, 0.25) is 0 Å². The van der Waals surface area contributed by atoms with Crippen molar-refractivity contribution in [3.05, 3.63) is 35.4 Å². The van der Waals surface area contributed by atoms with Gasteiger partial charge in [-0.3, -0.25) is 9.59 Å². The molecule has 1 aromatic carbocycles. The van der Waals surface area contributed by atoms with Gasteiger partial charge in [0.25, 0.3) is 0 Å². The summed E-state index contributed by atoms with van der Waals surface area (Å²) in [5.41, 5.74) is 1.91. The average Bonchev–Trinajstić information content (AvgIpc) is 2.46. The van der Waals surface area contributed by atoms with Gasteiger partial charge in [0.2, 0.25) is 5.91 Å². The molecule has 0 spiro atoms. The van der Waals surface area contributed by atoms with Crippen LogP contribution >= 0.6 is 0 Å². The summed E-state index contributed by atoms with van der Waals surface area (Å²) in [5.74, 6) is -0.643. The zero-order chi connectivity index (χ0) is 17.0. The van der Waals surface area contributed by atoms with Crippen molar-refractivity contribution in [1.29, 1.82) is 0 Å². The second-order valence-electron chi connectivity index (χ2n) is 7.18. The molecule has 0 saturated carbocycles. The van der Waals surface area contributed by atoms with Gasteiger partial charge in [0.1, 0.15) is 0 Å². The molecule has 0 aliphatic heterocycles. The van der Waals surface area contributed by atoms with Crippen molar-refractivity contribution >= 4 is 11.9 Å². The Bertz CT molecular complexity index is 582. The fraction of sp³-hybridized carbons (Fsp3) is 0.579. The van der Waals surface area contributed by atoms with Crippen LogP contribution in [-0.4, -0.2) is 22.5 Å². The van der Waals surface area contributed by atoms with Crippen LogP contribution in [0.25, 0.3) is 0 Å². The number of aryl methyl sites for hydroxylation is 1. The van der Waals surface area contributed by atoms with Crippen molar-refractivity contribution in [3.8, 4) is 0 Å². The minimum atomic E-state index is -0.885. The molecule has 1 aromatic rings. The fourth-order valence-corrected chi connectivity index (χ4v) is 3.37. The van der Waals surface area contributed by atoms with Gasteiger partial charge >= 0.3 is 5.97 Å². The standard InChI is InChI=1S/C19H27NO3/c1-13(2)19(3,12-18(22)23)20-17(21)11-15-9-6-8-14-7-4-5-10-16(14)15/h4-5,7,10,13,15H,6,8-9,11-12H2,1-3H3,(H,20,21)(H,22,23). The number of fused-ring (bicyclic) bond motifs is 1. The molecule has 126 valence electrons. The van der Waals surface area contributed by atoms with Gasteiger partial charge < -0.3 is 10.4 Å². The number of hydrogen-bond donors (Lipinski definition) is 2. The van der Waals surface area contributed by atoms with Gasteiger partial charge in [0, 0.05) is 12.0 Å². The highest BCUT2D eigenvalue weighted by molar-refractivity contribution is 5.79. The van der Waals surface area contributed by atoms with Crippen molar-refractivity contribution in [3.63, 3.8) is 0 Å². The third kappa shape index (κ3) is 4.34. The highest BCUT2D eigenvalue weighted by Crippen LogP contribution is 2.34. The number of hydrogen-bond acceptors (Lipinski definition) is 2. The normalized spacial score (nSPS) is 19.7. The molecule has 0 aromatic heterocycles. The van der Waals surface area contributed by atoms with Crippen LogP contribution in [0.5, 0.6) is 0 Å². The number of carbonyl (C=O) groups excluding carboxylic acids is 1. The van der Waals surface area contributed by atoms with Gasteiger partial charge in [0.15, 0.2) is 0 Å². The molecule has 2 unspecified atom stereocenters. The maximum atomic E-state index is 12.5. The molecule has 2 rings (SSSR count). The third-order valence-corrected chi connectivity index (χ3v) is 5.14. The number of carbonyl (C=O) groups is 2. The molecule has 1 aliphatic carbocycles. The van der Waals surface area contributed by atoms with Crippen LogP contribution in [0.1, 0.15) is 63.5 Å². The zero-order valence-corrected chi connectivity index (χ0v) is 14.3. The topological polar surface area (TPSA) is 66.4 Å². The molecule has 0 radical (unpaired) electrons. The first-order valence-electron chi connectivity index (χ1n) is 8.42. The van der Waals surface area contributed by atoms with Crippen molar-refractivity contribution in [2.45, 2.75) is 64.3 Å². The van der Waals surface area contributed by atoms with E-state index in [2.05, 4.69) is 17.4 Å². The van der Waals surface area contributed by atoms with Gasteiger partial charge in [-0.25, -0.2) is 0 Å². The molecule has 0 fully saturated rings. The SMILES string of the molecule is CC(C)C(C)(CC(=O)O)NC(=O)CC1CCCc2ccccc21. The molecular formula is C19H27NO3. The van der Waals surface area contributed by atoms with Crippen molar-refractivity contribution < 1.29 is 14.7 Å². The van der Waals surface area contributed by atoms with E-state index < -0.39 is 11.5 Å².